The first kappa shape index (κ1) is 14.0. The molecule has 0 saturated carbocycles. The first-order valence-corrected chi connectivity index (χ1v) is 8.22. The Morgan fingerprint density at radius 1 is 1.33 bits per heavy atom. The minimum atomic E-state index is -3.35. The van der Waals surface area contributed by atoms with Gasteiger partial charge in [-0.05, 0) is 53.5 Å². The predicted octanol–water partition coefficient (Wildman–Crippen LogP) is 1.95. The molecule has 1 N–H and O–H groups in total. The molecule has 18 heavy (non-hydrogen) atoms. The van der Waals surface area contributed by atoms with Crippen molar-refractivity contribution >= 4 is 26.0 Å². The van der Waals surface area contributed by atoms with Crippen LogP contribution in [0.25, 0.3) is 0 Å². The SMILES string of the molecule is CNCc1ccc(Br)c(S(=O)(=O)N2CCCC2)c1. The number of hydrogen-bond donors (Lipinski definition) is 1. The lowest BCUT2D eigenvalue weighted by Crippen LogP contribution is -2.28. The van der Waals surface area contributed by atoms with Crippen molar-refractivity contribution in [2.24, 2.45) is 0 Å². The van der Waals surface area contributed by atoms with Crippen LogP contribution < -0.4 is 5.32 Å². The molecule has 0 spiro atoms. The molecule has 1 aliphatic rings. The van der Waals surface area contributed by atoms with Gasteiger partial charge in [0, 0.05) is 24.1 Å². The Morgan fingerprint density at radius 3 is 2.61 bits per heavy atom. The number of hydrogen-bond acceptors (Lipinski definition) is 3. The van der Waals surface area contributed by atoms with E-state index in [2.05, 4.69) is 21.2 Å². The van der Waals surface area contributed by atoms with Gasteiger partial charge in [0.2, 0.25) is 10.0 Å². The lowest BCUT2D eigenvalue weighted by Gasteiger charge is -2.17. The zero-order valence-corrected chi connectivity index (χ0v) is 12.7. The Labute approximate surface area is 117 Å². The minimum absolute atomic E-state index is 0.372. The van der Waals surface area contributed by atoms with Crippen molar-refractivity contribution in [3.8, 4) is 0 Å². The summed E-state index contributed by atoms with van der Waals surface area (Å²) >= 11 is 3.34. The van der Waals surface area contributed by atoms with Gasteiger partial charge in [0.1, 0.15) is 0 Å². The highest BCUT2D eigenvalue weighted by molar-refractivity contribution is 9.10. The van der Waals surface area contributed by atoms with Gasteiger partial charge in [-0.1, -0.05) is 6.07 Å². The van der Waals surface area contributed by atoms with Gasteiger partial charge in [0.15, 0.2) is 0 Å². The number of nitrogens with zero attached hydrogens (tertiary/aromatic N) is 1. The lowest BCUT2D eigenvalue weighted by atomic mass is 10.2. The number of sulfonamides is 1. The van der Waals surface area contributed by atoms with E-state index in [9.17, 15) is 8.42 Å². The Morgan fingerprint density at radius 2 is 2.00 bits per heavy atom. The molecule has 1 heterocycles. The van der Waals surface area contributed by atoms with Crippen molar-refractivity contribution in [2.75, 3.05) is 20.1 Å². The summed E-state index contributed by atoms with van der Waals surface area (Å²) in [4.78, 5) is 0.372. The molecule has 0 radical (unpaired) electrons. The van der Waals surface area contributed by atoms with Crippen molar-refractivity contribution in [3.63, 3.8) is 0 Å². The second-order valence-electron chi connectivity index (χ2n) is 4.41. The van der Waals surface area contributed by atoms with Crippen molar-refractivity contribution in [3.05, 3.63) is 28.2 Å². The number of halogens is 1. The largest absolute Gasteiger partial charge is 0.316 e. The molecule has 0 bridgehead atoms. The Kier molecular flexibility index (Phi) is 4.42. The highest BCUT2D eigenvalue weighted by atomic mass is 79.9. The molecule has 0 atom stereocenters. The van der Waals surface area contributed by atoms with Crippen LogP contribution in [0.3, 0.4) is 0 Å². The fraction of sp³-hybridized carbons (Fsp3) is 0.500. The van der Waals surface area contributed by atoms with E-state index in [1.807, 2.05) is 13.1 Å². The van der Waals surface area contributed by atoms with Crippen molar-refractivity contribution in [1.29, 1.82) is 0 Å². The first-order valence-electron chi connectivity index (χ1n) is 5.99. The van der Waals surface area contributed by atoms with Crippen LogP contribution in [0.15, 0.2) is 27.6 Å². The van der Waals surface area contributed by atoms with Crippen LogP contribution in [0.1, 0.15) is 18.4 Å². The fourth-order valence-electron chi connectivity index (χ4n) is 2.13. The summed E-state index contributed by atoms with van der Waals surface area (Å²) in [5, 5.41) is 3.03. The molecule has 6 heteroatoms. The molecule has 1 fully saturated rings. The van der Waals surface area contributed by atoms with E-state index >= 15 is 0 Å². The summed E-state index contributed by atoms with van der Waals surface area (Å²) in [5.41, 5.74) is 0.971. The van der Waals surface area contributed by atoms with Gasteiger partial charge in [-0.2, -0.15) is 4.31 Å². The van der Waals surface area contributed by atoms with Crippen LogP contribution in [0.2, 0.25) is 0 Å². The van der Waals surface area contributed by atoms with Crippen LogP contribution in [0.5, 0.6) is 0 Å². The Bertz CT molecular complexity index is 525. The molecule has 0 unspecified atom stereocenters. The van der Waals surface area contributed by atoms with Crippen molar-refractivity contribution < 1.29 is 8.42 Å². The van der Waals surface area contributed by atoms with Gasteiger partial charge in [-0.3, -0.25) is 0 Å². The van der Waals surface area contributed by atoms with Gasteiger partial charge in [0.05, 0.1) is 4.90 Å². The molecule has 0 amide bonds. The molecule has 0 aliphatic carbocycles. The maximum atomic E-state index is 12.5. The molecule has 1 aromatic rings. The van der Waals surface area contributed by atoms with Crippen LogP contribution in [-0.2, 0) is 16.6 Å². The maximum Gasteiger partial charge on any atom is 0.244 e. The zero-order valence-electron chi connectivity index (χ0n) is 10.3. The number of benzene rings is 1. The lowest BCUT2D eigenvalue weighted by molar-refractivity contribution is 0.477. The summed E-state index contributed by atoms with van der Waals surface area (Å²) in [6.45, 7) is 1.92. The summed E-state index contributed by atoms with van der Waals surface area (Å²) in [5.74, 6) is 0. The van der Waals surface area contributed by atoms with Gasteiger partial charge < -0.3 is 5.32 Å². The molecular formula is C12H17BrN2O2S. The third-order valence-corrected chi connectivity index (χ3v) is 5.95. The normalized spacial score (nSPS) is 17.2. The van der Waals surface area contributed by atoms with E-state index in [1.54, 1.807) is 16.4 Å². The Hall–Kier alpha value is -0.430. The molecule has 1 saturated heterocycles. The van der Waals surface area contributed by atoms with E-state index in [-0.39, 0.29) is 0 Å². The van der Waals surface area contributed by atoms with Crippen molar-refractivity contribution in [1.82, 2.24) is 9.62 Å². The topological polar surface area (TPSA) is 49.4 Å². The van der Waals surface area contributed by atoms with Gasteiger partial charge in [-0.25, -0.2) is 8.42 Å². The average molecular weight is 333 g/mol. The second-order valence-corrected chi connectivity index (χ2v) is 7.17. The molecular weight excluding hydrogens is 316 g/mol. The molecule has 0 aromatic heterocycles. The van der Waals surface area contributed by atoms with Crippen LogP contribution >= 0.6 is 15.9 Å². The first-order chi connectivity index (χ1) is 8.55. The maximum absolute atomic E-state index is 12.5. The summed E-state index contributed by atoms with van der Waals surface area (Å²) in [7, 11) is -1.51. The van der Waals surface area contributed by atoms with E-state index in [1.165, 1.54) is 0 Å². The number of nitrogens with one attached hydrogen (secondary N) is 1. The van der Waals surface area contributed by atoms with Gasteiger partial charge >= 0.3 is 0 Å². The molecule has 2 rings (SSSR count). The third kappa shape index (κ3) is 2.77. The van der Waals surface area contributed by atoms with E-state index < -0.39 is 10.0 Å². The van der Waals surface area contributed by atoms with Gasteiger partial charge in [0.25, 0.3) is 0 Å². The summed E-state index contributed by atoms with van der Waals surface area (Å²) in [6, 6.07) is 5.47. The minimum Gasteiger partial charge on any atom is -0.316 e. The van der Waals surface area contributed by atoms with E-state index in [0.29, 0.717) is 29.0 Å². The number of rotatable bonds is 4. The Balaban J connectivity index is 2.39. The van der Waals surface area contributed by atoms with E-state index in [0.717, 1.165) is 18.4 Å². The van der Waals surface area contributed by atoms with Gasteiger partial charge in [-0.15, -0.1) is 0 Å². The molecule has 100 valence electrons. The van der Waals surface area contributed by atoms with Crippen LogP contribution in [-0.4, -0.2) is 32.9 Å². The van der Waals surface area contributed by atoms with Crippen molar-refractivity contribution in [2.45, 2.75) is 24.3 Å². The monoisotopic (exact) mass is 332 g/mol. The highest BCUT2D eigenvalue weighted by Gasteiger charge is 2.28. The quantitative estimate of drug-likeness (QED) is 0.916. The zero-order chi connectivity index (χ0) is 13.2. The smallest absolute Gasteiger partial charge is 0.244 e. The second kappa shape index (κ2) is 5.69. The highest BCUT2D eigenvalue weighted by Crippen LogP contribution is 2.28. The molecule has 1 aromatic carbocycles. The summed E-state index contributed by atoms with van der Waals surface area (Å²) < 4.78 is 27.2. The van der Waals surface area contributed by atoms with Crippen LogP contribution in [0, 0.1) is 0 Å². The third-order valence-electron chi connectivity index (χ3n) is 3.06. The molecule has 1 aliphatic heterocycles. The predicted molar refractivity (Wildman–Crippen MR) is 74.9 cm³/mol. The van der Waals surface area contributed by atoms with E-state index in [4.69, 9.17) is 0 Å². The molecule has 4 nitrogen and oxygen atoms in total. The van der Waals surface area contributed by atoms with Crippen LogP contribution in [0.4, 0.5) is 0 Å². The fourth-order valence-corrected chi connectivity index (χ4v) is 4.62. The standard InChI is InChI=1S/C12H17BrN2O2S/c1-14-9-10-4-5-11(13)12(8-10)18(16,17)15-6-2-3-7-15/h4-5,8,14H,2-3,6-7,9H2,1H3. The summed E-state index contributed by atoms with van der Waals surface area (Å²) in [6.07, 6.45) is 1.90. The average Bonchev–Trinajstić information content (AvgIpc) is 2.86.